The van der Waals surface area contributed by atoms with E-state index in [9.17, 15) is 15.2 Å². The molecule has 0 radical (unpaired) electrons. The summed E-state index contributed by atoms with van der Waals surface area (Å²) < 4.78 is 5.24. The van der Waals surface area contributed by atoms with E-state index < -0.39 is 5.92 Å². The number of nitriles is 1. The van der Waals surface area contributed by atoms with Crippen molar-refractivity contribution in [3.05, 3.63) is 54.2 Å². The number of anilines is 1. The minimum absolute atomic E-state index is 0.113. The SMILES string of the molecule is COc1ccc2[nH]cc(C[C@@H](C#N)C(=O)Nc3ccc(O)cc3)c2c1. The highest BCUT2D eigenvalue weighted by atomic mass is 16.5. The molecule has 1 heterocycles. The van der Waals surface area contributed by atoms with Crippen molar-refractivity contribution in [3.63, 3.8) is 0 Å². The normalized spacial score (nSPS) is 11.7. The number of carbonyl (C=O) groups is 1. The van der Waals surface area contributed by atoms with Gasteiger partial charge in [0.1, 0.15) is 17.4 Å². The fourth-order valence-electron chi connectivity index (χ4n) is 2.64. The van der Waals surface area contributed by atoms with Crippen molar-refractivity contribution in [2.24, 2.45) is 5.92 Å². The molecular formula is C19H17N3O3. The lowest BCUT2D eigenvalue weighted by atomic mass is 9.99. The summed E-state index contributed by atoms with van der Waals surface area (Å²) in [6.45, 7) is 0. The van der Waals surface area contributed by atoms with Crippen molar-refractivity contribution in [2.45, 2.75) is 6.42 Å². The quantitative estimate of drug-likeness (QED) is 0.624. The summed E-state index contributed by atoms with van der Waals surface area (Å²) in [5, 5.41) is 22.3. The number of benzene rings is 2. The van der Waals surface area contributed by atoms with Crippen molar-refractivity contribution < 1.29 is 14.6 Å². The minimum Gasteiger partial charge on any atom is -0.508 e. The van der Waals surface area contributed by atoms with Gasteiger partial charge < -0.3 is 20.1 Å². The van der Waals surface area contributed by atoms with E-state index in [0.717, 1.165) is 22.2 Å². The zero-order valence-corrected chi connectivity index (χ0v) is 13.6. The first-order valence-electron chi connectivity index (χ1n) is 7.74. The summed E-state index contributed by atoms with van der Waals surface area (Å²) >= 11 is 0. The predicted octanol–water partition coefficient (Wildman–Crippen LogP) is 3.20. The Hall–Kier alpha value is -3.46. The van der Waals surface area contributed by atoms with Crippen LogP contribution in [-0.2, 0) is 11.2 Å². The first-order chi connectivity index (χ1) is 12.1. The summed E-state index contributed by atoms with van der Waals surface area (Å²) in [4.78, 5) is 15.5. The third-order valence-corrected chi connectivity index (χ3v) is 4.01. The molecule has 0 fully saturated rings. The lowest BCUT2D eigenvalue weighted by molar-refractivity contribution is -0.118. The second-order valence-corrected chi connectivity index (χ2v) is 5.65. The van der Waals surface area contributed by atoms with E-state index in [1.54, 1.807) is 19.2 Å². The number of phenolic OH excluding ortho intramolecular Hbond substituents is 1. The van der Waals surface area contributed by atoms with E-state index in [2.05, 4.69) is 16.4 Å². The van der Waals surface area contributed by atoms with Crippen LogP contribution in [0.1, 0.15) is 5.56 Å². The number of nitrogens with one attached hydrogen (secondary N) is 2. The van der Waals surface area contributed by atoms with E-state index in [1.807, 2.05) is 24.4 Å². The topological polar surface area (TPSA) is 98.1 Å². The van der Waals surface area contributed by atoms with Gasteiger partial charge in [-0.15, -0.1) is 0 Å². The minimum atomic E-state index is -0.834. The number of aromatic nitrogens is 1. The molecule has 1 atom stereocenters. The number of H-pyrrole nitrogens is 1. The Morgan fingerprint density at radius 3 is 2.76 bits per heavy atom. The van der Waals surface area contributed by atoms with Gasteiger partial charge >= 0.3 is 0 Å². The fourth-order valence-corrected chi connectivity index (χ4v) is 2.64. The van der Waals surface area contributed by atoms with Gasteiger partial charge in [0.25, 0.3) is 0 Å². The first-order valence-corrected chi connectivity index (χ1v) is 7.74. The van der Waals surface area contributed by atoms with Crippen LogP contribution in [0.25, 0.3) is 10.9 Å². The maximum Gasteiger partial charge on any atom is 0.242 e. The molecule has 0 saturated carbocycles. The van der Waals surface area contributed by atoms with Gasteiger partial charge in [-0.05, 0) is 54.4 Å². The lowest BCUT2D eigenvalue weighted by Gasteiger charge is -2.10. The molecule has 0 aliphatic rings. The predicted molar refractivity (Wildman–Crippen MR) is 94.4 cm³/mol. The van der Waals surface area contributed by atoms with Gasteiger partial charge in [-0.3, -0.25) is 4.79 Å². The Kier molecular flexibility index (Phi) is 4.57. The maximum absolute atomic E-state index is 12.4. The van der Waals surface area contributed by atoms with Gasteiger partial charge in [-0.2, -0.15) is 5.26 Å². The largest absolute Gasteiger partial charge is 0.508 e. The summed E-state index contributed by atoms with van der Waals surface area (Å²) in [6.07, 6.45) is 2.09. The van der Waals surface area contributed by atoms with Crippen LogP contribution in [0, 0.1) is 17.2 Å². The van der Waals surface area contributed by atoms with Gasteiger partial charge in [0, 0.05) is 22.8 Å². The highest BCUT2D eigenvalue weighted by molar-refractivity contribution is 5.95. The molecule has 2 aromatic carbocycles. The second kappa shape index (κ2) is 6.97. The summed E-state index contributed by atoms with van der Waals surface area (Å²) in [7, 11) is 1.59. The number of phenols is 1. The van der Waals surface area contributed by atoms with Gasteiger partial charge in [0.05, 0.1) is 13.2 Å². The molecule has 1 aromatic heterocycles. The molecule has 0 aliphatic heterocycles. The Labute approximate surface area is 144 Å². The molecule has 0 spiro atoms. The molecule has 0 unspecified atom stereocenters. The van der Waals surface area contributed by atoms with Crippen LogP contribution in [0.5, 0.6) is 11.5 Å². The van der Waals surface area contributed by atoms with Gasteiger partial charge in [0.2, 0.25) is 5.91 Å². The monoisotopic (exact) mass is 335 g/mol. The van der Waals surface area contributed by atoms with Gasteiger partial charge in [-0.25, -0.2) is 0 Å². The van der Waals surface area contributed by atoms with Crippen LogP contribution in [0.2, 0.25) is 0 Å². The Balaban J connectivity index is 1.79. The summed E-state index contributed by atoms with van der Waals surface area (Å²) in [5.74, 6) is -0.387. The second-order valence-electron chi connectivity index (χ2n) is 5.65. The standard InChI is InChI=1S/C19H17N3O3/c1-25-16-6-7-18-17(9-16)13(11-21-18)8-12(10-20)19(24)22-14-2-4-15(23)5-3-14/h2-7,9,11-12,21,23H,8H2,1H3,(H,22,24)/t12-/m0/s1. The van der Waals surface area contributed by atoms with E-state index in [4.69, 9.17) is 4.74 Å². The lowest BCUT2D eigenvalue weighted by Crippen LogP contribution is -2.23. The molecule has 3 aromatic rings. The Morgan fingerprint density at radius 2 is 2.08 bits per heavy atom. The van der Waals surface area contributed by atoms with E-state index in [-0.39, 0.29) is 18.1 Å². The van der Waals surface area contributed by atoms with Crippen LogP contribution in [0.4, 0.5) is 5.69 Å². The number of carbonyl (C=O) groups excluding carboxylic acids is 1. The van der Waals surface area contributed by atoms with Crippen LogP contribution in [-0.4, -0.2) is 23.1 Å². The molecule has 1 amide bonds. The number of rotatable bonds is 5. The number of amides is 1. The zero-order chi connectivity index (χ0) is 17.8. The number of aromatic hydroxyl groups is 1. The molecule has 0 bridgehead atoms. The third-order valence-electron chi connectivity index (χ3n) is 4.01. The summed E-state index contributed by atoms with van der Waals surface area (Å²) in [5.41, 5.74) is 2.33. The van der Waals surface area contributed by atoms with Crippen molar-refractivity contribution in [3.8, 4) is 17.6 Å². The number of hydrogen-bond acceptors (Lipinski definition) is 4. The zero-order valence-electron chi connectivity index (χ0n) is 13.6. The number of fused-ring (bicyclic) bond motifs is 1. The van der Waals surface area contributed by atoms with E-state index >= 15 is 0 Å². The molecular weight excluding hydrogens is 318 g/mol. The highest BCUT2D eigenvalue weighted by Gasteiger charge is 2.20. The highest BCUT2D eigenvalue weighted by Crippen LogP contribution is 2.26. The molecule has 6 heteroatoms. The smallest absolute Gasteiger partial charge is 0.242 e. The molecule has 0 saturated heterocycles. The number of aromatic amines is 1. The molecule has 6 nitrogen and oxygen atoms in total. The van der Waals surface area contributed by atoms with E-state index in [0.29, 0.717) is 5.69 Å². The maximum atomic E-state index is 12.4. The number of ether oxygens (including phenoxy) is 1. The van der Waals surface area contributed by atoms with Gasteiger partial charge in [0.15, 0.2) is 0 Å². The average molecular weight is 335 g/mol. The number of hydrogen-bond donors (Lipinski definition) is 3. The van der Waals surface area contributed by atoms with Gasteiger partial charge in [-0.1, -0.05) is 0 Å². The van der Waals surface area contributed by atoms with Crippen molar-refractivity contribution in [2.75, 3.05) is 12.4 Å². The molecule has 126 valence electrons. The molecule has 3 N–H and O–H groups in total. The van der Waals surface area contributed by atoms with Crippen LogP contribution < -0.4 is 10.1 Å². The average Bonchev–Trinajstić information content (AvgIpc) is 3.03. The number of nitrogens with zero attached hydrogens (tertiary/aromatic N) is 1. The van der Waals surface area contributed by atoms with Crippen molar-refractivity contribution in [1.29, 1.82) is 5.26 Å². The number of methoxy groups -OCH3 is 1. The Bertz CT molecular complexity index is 939. The fraction of sp³-hybridized carbons (Fsp3) is 0.158. The van der Waals surface area contributed by atoms with Crippen LogP contribution in [0.15, 0.2) is 48.7 Å². The third kappa shape index (κ3) is 3.56. The summed E-state index contributed by atoms with van der Waals surface area (Å²) in [6, 6.07) is 13.8. The Morgan fingerprint density at radius 1 is 1.32 bits per heavy atom. The van der Waals surface area contributed by atoms with Crippen LogP contribution >= 0.6 is 0 Å². The first kappa shape index (κ1) is 16.4. The molecule has 25 heavy (non-hydrogen) atoms. The van der Waals surface area contributed by atoms with E-state index in [1.165, 1.54) is 12.1 Å². The molecule has 3 rings (SSSR count). The van der Waals surface area contributed by atoms with Crippen molar-refractivity contribution >= 4 is 22.5 Å². The van der Waals surface area contributed by atoms with Crippen LogP contribution in [0.3, 0.4) is 0 Å². The van der Waals surface area contributed by atoms with Crippen molar-refractivity contribution in [1.82, 2.24) is 4.98 Å². The molecule has 0 aliphatic carbocycles.